The first-order chi connectivity index (χ1) is 14.1. The van der Waals surface area contributed by atoms with Crippen molar-refractivity contribution in [1.82, 2.24) is 19.9 Å². The van der Waals surface area contributed by atoms with E-state index in [1.807, 2.05) is 25.1 Å². The standard InChI is InChI=1S/C22H19FN4OS/c1-15-2-6-17(7-3-15)19-12-20-22(24-10-11-27(20)26-19)29-14-21(28)25-13-16-4-8-18(23)9-5-16/h2-12H,13-14H2,1H3,(H,25,28). The summed E-state index contributed by atoms with van der Waals surface area (Å²) in [4.78, 5) is 16.6. The van der Waals surface area contributed by atoms with E-state index >= 15 is 0 Å². The van der Waals surface area contributed by atoms with Gasteiger partial charge in [0.2, 0.25) is 5.91 Å². The minimum atomic E-state index is -0.291. The van der Waals surface area contributed by atoms with E-state index in [9.17, 15) is 9.18 Å². The van der Waals surface area contributed by atoms with E-state index in [2.05, 4.69) is 27.5 Å². The Hall–Kier alpha value is -3.19. The van der Waals surface area contributed by atoms with Crippen LogP contribution in [0.4, 0.5) is 4.39 Å². The summed E-state index contributed by atoms with van der Waals surface area (Å²) < 4.78 is 14.7. The zero-order valence-corrected chi connectivity index (χ0v) is 16.6. The molecular weight excluding hydrogens is 387 g/mol. The van der Waals surface area contributed by atoms with Gasteiger partial charge < -0.3 is 5.32 Å². The second-order valence-electron chi connectivity index (χ2n) is 6.65. The van der Waals surface area contributed by atoms with E-state index < -0.39 is 0 Å². The van der Waals surface area contributed by atoms with Crippen molar-refractivity contribution in [3.63, 3.8) is 0 Å². The Kier molecular flexibility index (Phi) is 5.57. The Morgan fingerprint density at radius 3 is 2.66 bits per heavy atom. The van der Waals surface area contributed by atoms with E-state index in [-0.39, 0.29) is 17.5 Å². The molecule has 2 heterocycles. The van der Waals surface area contributed by atoms with Crippen molar-refractivity contribution >= 4 is 23.2 Å². The summed E-state index contributed by atoms with van der Waals surface area (Å²) in [6, 6.07) is 16.3. The number of thioether (sulfide) groups is 1. The number of nitrogens with one attached hydrogen (secondary N) is 1. The lowest BCUT2D eigenvalue weighted by atomic mass is 10.1. The molecule has 0 fully saturated rings. The summed E-state index contributed by atoms with van der Waals surface area (Å²) in [5, 5.41) is 8.20. The van der Waals surface area contributed by atoms with Crippen molar-refractivity contribution in [3.05, 3.63) is 83.9 Å². The van der Waals surface area contributed by atoms with Gasteiger partial charge in [-0.1, -0.05) is 53.7 Å². The monoisotopic (exact) mass is 406 g/mol. The maximum Gasteiger partial charge on any atom is 0.230 e. The second kappa shape index (κ2) is 8.45. The average Bonchev–Trinajstić information content (AvgIpc) is 3.17. The van der Waals surface area contributed by atoms with Crippen molar-refractivity contribution < 1.29 is 9.18 Å². The van der Waals surface area contributed by atoms with Gasteiger partial charge in [0, 0.05) is 24.5 Å². The molecule has 0 saturated heterocycles. The minimum absolute atomic E-state index is 0.110. The van der Waals surface area contributed by atoms with Crippen LogP contribution in [-0.4, -0.2) is 26.3 Å². The van der Waals surface area contributed by atoms with E-state index in [4.69, 9.17) is 0 Å². The van der Waals surface area contributed by atoms with Gasteiger partial charge in [0.15, 0.2) is 0 Å². The predicted molar refractivity (Wildman–Crippen MR) is 112 cm³/mol. The number of aryl methyl sites for hydroxylation is 1. The summed E-state index contributed by atoms with van der Waals surface area (Å²) in [5.74, 6) is -0.166. The van der Waals surface area contributed by atoms with Crippen LogP contribution in [-0.2, 0) is 11.3 Å². The zero-order valence-electron chi connectivity index (χ0n) is 15.8. The molecular formula is C22H19FN4OS. The predicted octanol–water partition coefficient (Wildman–Crippen LogP) is 4.25. The Balaban J connectivity index is 1.43. The number of nitrogens with zero attached hydrogens (tertiary/aromatic N) is 3. The van der Waals surface area contributed by atoms with Crippen molar-refractivity contribution in [2.45, 2.75) is 18.5 Å². The van der Waals surface area contributed by atoms with Gasteiger partial charge in [-0.05, 0) is 30.7 Å². The topological polar surface area (TPSA) is 59.3 Å². The summed E-state index contributed by atoms with van der Waals surface area (Å²) >= 11 is 1.36. The van der Waals surface area contributed by atoms with Gasteiger partial charge in [0.05, 0.1) is 17.0 Å². The van der Waals surface area contributed by atoms with Gasteiger partial charge in [-0.2, -0.15) is 5.10 Å². The number of hydrogen-bond acceptors (Lipinski definition) is 4. The largest absolute Gasteiger partial charge is 0.351 e. The Bertz CT molecular complexity index is 1140. The number of fused-ring (bicyclic) bond motifs is 1. The van der Waals surface area contributed by atoms with Gasteiger partial charge in [-0.15, -0.1) is 0 Å². The summed E-state index contributed by atoms with van der Waals surface area (Å²) in [5.41, 5.74) is 4.80. The number of hydrogen-bond donors (Lipinski definition) is 1. The van der Waals surface area contributed by atoms with E-state index in [0.29, 0.717) is 6.54 Å². The number of halogens is 1. The SMILES string of the molecule is Cc1ccc(-c2cc3c(SCC(=O)NCc4ccc(F)cc4)nccn3n2)cc1. The molecule has 7 heteroatoms. The van der Waals surface area contributed by atoms with Crippen molar-refractivity contribution in [1.29, 1.82) is 0 Å². The lowest BCUT2D eigenvalue weighted by Gasteiger charge is -2.06. The third kappa shape index (κ3) is 4.63. The quantitative estimate of drug-likeness (QED) is 0.486. The van der Waals surface area contributed by atoms with Gasteiger partial charge in [0.25, 0.3) is 0 Å². The van der Waals surface area contributed by atoms with Crippen LogP contribution in [0, 0.1) is 12.7 Å². The molecule has 0 aliphatic rings. The molecule has 4 aromatic rings. The van der Waals surface area contributed by atoms with Crippen LogP contribution in [0.1, 0.15) is 11.1 Å². The molecule has 0 aliphatic carbocycles. The molecule has 0 spiro atoms. The number of benzene rings is 2. The van der Waals surface area contributed by atoms with Crippen molar-refractivity contribution in [3.8, 4) is 11.3 Å². The number of amides is 1. The van der Waals surface area contributed by atoms with Crippen LogP contribution in [0.25, 0.3) is 16.8 Å². The fourth-order valence-electron chi connectivity index (χ4n) is 2.86. The first-order valence-corrected chi connectivity index (χ1v) is 10.1. The smallest absolute Gasteiger partial charge is 0.230 e. The minimum Gasteiger partial charge on any atom is -0.351 e. The van der Waals surface area contributed by atoms with Crippen LogP contribution >= 0.6 is 11.8 Å². The molecule has 0 saturated carbocycles. The first kappa shape index (κ1) is 19.1. The highest BCUT2D eigenvalue weighted by Gasteiger charge is 2.11. The Morgan fingerprint density at radius 2 is 1.90 bits per heavy atom. The van der Waals surface area contributed by atoms with Crippen LogP contribution < -0.4 is 5.32 Å². The lowest BCUT2D eigenvalue weighted by Crippen LogP contribution is -2.24. The van der Waals surface area contributed by atoms with Gasteiger partial charge >= 0.3 is 0 Å². The molecule has 0 unspecified atom stereocenters. The van der Waals surface area contributed by atoms with Crippen LogP contribution in [0.15, 0.2) is 72.0 Å². The zero-order chi connectivity index (χ0) is 20.2. The maximum absolute atomic E-state index is 12.9. The number of aromatic nitrogens is 3. The lowest BCUT2D eigenvalue weighted by molar-refractivity contribution is -0.118. The highest BCUT2D eigenvalue weighted by Crippen LogP contribution is 2.26. The molecule has 5 nitrogen and oxygen atoms in total. The Morgan fingerprint density at radius 1 is 1.14 bits per heavy atom. The molecule has 29 heavy (non-hydrogen) atoms. The highest BCUT2D eigenvalue weighted by atomic mass is 32.2. The van der Waals surface area contributed by atoms with Crippen LogP contribution in [0.5, 0.6) is 0 Å². The normalized spacial score (nSPS) is 11.0. The van der Waals surface area contributed by atoms with Crippen molar-refractivity contribution in [2.75, 3.05) is 5.75 Å². The Labute approximate surface area is 172 Å². The fraction of sp³-hybridized carbons (Fsp3) is 0.136. The first-order valence-electron chi connectivity index (χ1n) is 9.14. The molecule has 0 bridgehead atoms. The van der Waals surface area contributed by atoms with Gasteiger partial charge in [-0.25, -0.2) is 13.9 Å². The molecule has 0 aliphatic heterocycles. The molecule has 0 atom stereocenters. The number of carbonyl (C=O) groups is 1. The molecule has 2 aromatic heterocycles. The van der Waals surface area contributed by atoms with Crippen molar-refractivity contribution in [2.24, 2.45) is 0 Å². The van der Waals surface area contributed by atoms with Crippen LogP contribution in [0.2, 0.25) is 0 Å². The molecule has 0 radical (unpaired) electrons. The number of carbonyl (C=O) groups excluding carboxylic acids is 1. The molecule has 1 N–H and O–H groups in total. The third-order valence-corrected chi connectivity index (χ3v) is 5.44. The van der Waals surface area contributed by atoms with Gasteiger partial charge in [-0.3, -0.25) is 4.79 Å². The summed E-state index contributed by atoms with van der Waals surface area (Å²) in [6.45, 7) is 2.41. The molecule has 146 valence electrons. The average molecular weight is 406 g/mol. The van der Waals surface area contributed by atoms with Gasteiger partial charge in [0.1, 0.15) is 10.8 Å². The van der Waals surface area contributed by atoms with Crippen LogP contribution in [0.3, 0.4) is 0 Å². The third-order valence-electron chi connectivity index (χ3n) is 4.44. The van der Waals surface area contributed by atoms with E-state index in [0.717, 1.165) is 27.4 Å². The fourth-order valence-corrected chi connectivity index (χ4v) is 3.67. The highest BCUT2D eigenvalue weighted by molar-refractivity contribution is 8.00. The second-order valence-corrected chi connectivity index (χ2v) is 7.61. The maximum atomic E-state index is 12.9. The van der Waals surface area contributed by atoms with E-state index in [1.165, 1.54) is 29.5 Å². The van der Waals surface area contributed by atoms with E-state index in [1.54, 1.807) is 29.0 Å². The molecule has 1 amide bonds. The summed E-state index contributed by atoms with van der Waals surface area (Å²) in [7, 11) is 0. The number of rotatable bonds is 6. The molecule has 4 rings (SSSR count). The summed E-state index contributed by atoms with van der Waals surface area (Å²) in [6.07, 6.45) is 3.48. The molecule has 2 aromatic carbocycles.